The molecule has 0 bridgehead atoms. The zero-order valence-electron chi connectivity index (χ0n) is 14.1. The minimum Gasteiger partial charge on any atom is -0.342 e. The van der Waals surface area contributed by atoms with Crippen LogP contribution >= 0.6 is 46.7 Å². The summed E-state index contributed by atoms with van der Waals surface area (Å²) in [4.78, 5) is 22.8. The molecule has 1 amide bonds. The Morgan fingerprint density at radius 1 is 1.35 bits per heavy atom. The lowest BCUT2D eigenvalue weighted by Crippen LogP contribution is -2.42. The zero-order valence-corrected chi connectivity index (χ0v) is 17.3. The van der Waals surface area contributed by atoms with Crippen molar-refractivity contribution >= 4 is 52.6 Å². The van der Waals surface area contributed by atoms with Gasteiger partial charge in [0.15, 0.2) is 5.16 Å². The number of hydrogen-bond donors (Lipinski definition) is 0. The average Bonchev–Trinajstić information content (AvgIpc) is 2.98. The predicted octanol–water partition coefficient (Wildman–Crippen LogP) is 4.89. The summed E-state index contributed by atoms with van der Waals surface area (Å²) < 4.78 is 0. The molecule has 136 valence electrons. The SMILES string of the molecule is CC(=O)N1CCC2c3c(Cl)nc(SCc4ccccc4Cl)nc3SC2C1. The first kappa shape index (κ1) is 18.4. The van der Waals surface area contributed by atoms with Gasteiger partial charge >= 0.3 is 0 Å². The Balaban J connectivity index is 1.52. The second-order valence-corrected chi connectivity index (χ2v) is 9.35. The van der Waals surface area contributed by atoms with E-state index in [1.807, 2.05) is 29.2 Å². The summed E-state index contributed by atoms with van der Waals surface area (Å²) in [6.45, 7) is 3.15. The number of piperidine rings is 1. The van der Waals surface area contributed by atoms with E-state index in [0.717, 1.165) is 40.7 Å². The number of hydrogen-bond acceptors (Lipinski definition) is 5. The lowest BCUT2D eigenvalue weighted by Gasteiger charge is -2.33. The van der Waals surface area contributed by atoms with Crippen molar-refractivity contribution in [3.63, 3.8) is 0 Å². The topological polar surface area (TPSA) is 46.1 Å². The van der Waals surface area contributed by atoms with Gasteiger partial charge < -0.3 is 4.90 Å². The monoisotopic (exact) mass is 425 g/mol. The molecule has 0 saturated carbocycles. The molecule has 4 nitrogen and oxygen atoms in total. The number of benzene rings is 1. The Bertz CT molecular complexity index is 864. The van der Waals surface area contributed by atoms with Crippen molar-refractivity contribution in [1.29, 1.82) is 0 Å². The fraction of sp³-hybridized carbons (Fsp3) is 0.389. The minimum absolute atomic E-state index is 0.133. The van der Waals surface area contributed by atoms with E-state index in [9.17, 15) is 4.79 Å². The lowest BCUT2D eigenvalue weighted by molar-refractivity contribution is -0.129. The third kappa shape index (κ3) is 3.57. The second-order valence-electron chi connectivity index (χ2n) is 6.41. The number of carbonyl (C=O) groups excluding carboxylic acids is 1. The van der Waals surface area contributed by atoms with E-state index in [4.69, 9.17) is 28.2 Å². The molecule has 2 atom stereocenters. The number of likely N-dealkylation sites (tertiary alicyclic amines) is 1. The highest BCUT2D eigenvalue weighted by atomic mass is 35.5. The lowest BCUT2D eigenvalue weighted by atomic mass is 9.91. The van der Waals surface area contributed by atoms with Crippen molar-refractivity contribution in [1.82, 2.24) is 14.9 Å². The van der Waals surface area contributed by atoms with E-state index < -0.39 is 0 Å². The number of halogens is 2. The summed E-state index contributed by atoms with van der Waals surface area (Å²) in [7, 11) is 0. The molecule has 1 saturated heterocycles. The van der Waals surface area contributed by atoms with Crippen molar-refractivity contribution < 1.29 is 4.79 Å². The van der Waals surface area contributed by atoms with E-state index >= 15 is 0 Å². The molecule has 1 aromatic carbocycles. The smallest absolute Gasteiger partial charge is 0.219 e. The van der Waals surface area contributed by atoms with E-state index in [1.54, 1.807) is 18.7 Å². The van der Waals surface area contributed by atoms with Crippen molar-refractivity contribution in [2.75, 3.05) is 13.1 Å². The zero-order chi connectivity index (χ0) is 18.3. The first-order valence-corrected chi connectivity index (χ1v) is 11.0. The number of rotatable bonds is 3. The largest absolute Gasteiger partial charge is 0.342 e. The summed E-state index contributed by atoms with van der Waals surface area (Å²) in [5, 5.41) is 3.25. The molecular weight excluding hydrogens is 409 g/mol. The van der Waals surface area contributed by atoms with Gasteiger partial charge in [0.2, 0.25) is 5.91 Å². The molecular formula is C18H17Cl2N3OS2. The Kier molecular flexibility index (Phi) is 5.37. The summed E-state index contributed by atoms with van der Waals surface area (Å²) >= 11 is 16.0. The van der Waals surface area contributed by atoms with Gasteiger partial charge in [-0.3, -0.25) is 4.79 Å². The molecule has 4 rings (SSSR count). The number of nitrogens with zero attached hydrogens (tertiary/aromatic N) is 3. The number of aromatic nitrogens is 2. The Labute approximate surface area is 171 Å². The van der Waals surface area contributed by atoms with Crippen LogP contribution in [-0.4, -0.2) is 39.1 Å². The van der Waals surface area contributed by atoms with E-state index in [1.165, 1.54) is 11.8 Å². The van der Waals surface area contributed by atoms with Gasteiger partial charge in [-0.2, -0.15) is 0 Å². The number of fused-ring (bicyclic) bond motifs is 3. The van der Waals surface area contributed by atoms with Gasteiger partial charge in [-0.25, -0.2) is 9.97 Å². The second kappa shape index (κ2) is 7.58. The van der Waals surface area contributed by atoms with E-state index in [-0.39, 0.29) is 5.91 Å². The molecule has 2 aliphatic heterocycles. The molecule has 2 unspecified atom stereocenters. The standard InChI is InChI=1S/C18H17Cl2N3OS2/c1-10(24)23-7-6-12-14(8-23)26-17-15(12)16(20)21-18(22-17)25-9-11-4-2-3-5-13(11)19/h2-5,12,14H,6-9H2,1H3. The van der Waals surface area contributed by atoms with Crippen LogP contribution in [0.3, 0.4) is 0 Å². The molecule has 8 heteroatoms. The molecule has 1 fully saturated rings. The van der Waals surface area contributed by atoms with Crippen LogP contribution in [0.25, 0.3) is 0 Å². The minimum atomic E-state index is 0.133. The van der Waals surface area contributed by atoms with E-state index in [0.29, 0.717) is 27.2 Å². The van der Waals surface area contributed by atoms with Gasteiger partial charge in [-0.15, -0.1) is 11.8 Å². The maximum Gasteiger partial charge on any atom is 0.219 e. The number of carbonyl (C=O) groups is 1. The molecule has 0 aliphatic carbocycles. The van der Waals surface area contributed by atoms with Gasteiger partial charge in [-0.1, -0.05) is 53.2 Å². The molecule has 0 radical (unpaired) electrons. The van der Waals surface area contributed by atoms with E-state index in [2.05, 4.69) is 4.98 Å². The highest BCUT2D eigenvalue weighted by Crippen LogP contribution is 2.50. The highest BCUT2D eigenvalue weighted by molar-refractivity contribution is 8.00. The van der Waals surface area contributed by atoms with Crippen molar-refractivity contribution in [3.8, 4) is 0 Å². The van der Waals surface area contributed by atoms with Crippen molar-refractivity contribution in [2.45, 2.75) is 40.4 Å². The average molecular weight is 426 g/mol. The maximum absolute atomic E-state index is 11.7. The van der Waals surface area contributed by atoms with Crippen LogP contribution in [0.1, 0.15) is 30.4 Å². The molecule has 2 aromatic rings. The van der Waals surface area contributed by atoms with Crippen LogP contribution in [0, 0.1) is 0 Å². The van der Waals surface area contributed by atoms with Crippen molar-refractivity contribution in [2.24, 2.45) is 0 Å². The van der Waals surface area contributed by atoms with Crippen molar-refractivity contribution in [3.05, 3.63) is 45.6 Å². The first-order valence-electron chi connectivity index (χ1n) is 8.38. The summed E-state index contributed by atoms with van der Waals surface area (Å²) in [6, 6.07) is 7.78. The molecule has 1 aromatic heterocycles. The first-order chi connectivity index (χ1) is 12.5. The molecule has 3 heterocycles. The summed E-state index contributed by atoms with van der Waals surface area (Å²) in [5.41, 5.74) is 2.12. The molecule has 2 aliphatic rings. The van der Waals surface area contributed by atoms with Gasteiger partial charge in [0, 0.05) is 47.5 Å². The van der Waals surface area contributed by atoms with Gasteiger partial charge in [0.25, 0.3) is 0 Å². The third-order valence-corrected chi connectivity index (χ3v) is 7.66. The van der Waals surface area contributed by atoms with Crippen LogP contribution in [-0.2, 0) is 10.5 Å². The van der Waals surface area contributed by atoms with Crippen LogP contribution in [0.5, 0.6) is 0 Å². The fourth-order valence-electron chi connectivity index (χ4n) is 3.42. The van der Waals surface area contributed by atoms with Crippen LogP contribution in [0.15, 0.2) is 34.4 Å². The van der Waals surface area contributed by atoms with Crippen LogP contribution in [0.2, 0.25) is 10.2 Å². The van der Waals surface area contributed by atoms with Crippen LogP contribution in [0.4, 0.5) is 0 Å². The normalized spacial score (nSPS) is 21.4. The van der Waals surface area contributed by atoms with Gasteiger partial charge in [0.1, 0.15) is 10.2 Å². The highest BCUT2D eigenvalue weighted by Gasteiger charge is 2.41. The fourth-order valence-corrected chi connectivity index (χ4v) is 6.52. The molecule has 26 heavy (non-hydrogen) atoms. The summed E-state index contributed by atoms with van der Waals surface area (Å²) in [5.74, 6) is 1.17. The Morgan fingerprint density at radius 3 is 2.92 bits per heavy atom. The van der Waals surface area contributed by atoms with Crippen LogP contribution < -0.4 is 0 Å². The van der Waals surface area contributed by atoms with Gasteiger partial charge in [0.05, 0.1) is 0 Å². The Hall–Kier alpha value is -0.950. The third-order valence-electron chi connectivity index (χ3n) is 4.80. The predicted molar refractivity (Wildman–Crippen MR) is 107 cm³/mol. The van der Waals surface area contributed by atoms with Gasteiger partial charge in [-0.05, 0) is 18.1 Å². The number of thioether (sulfide) groups is 2. The summed E-state index contributed by atoms with van der Waals surface area (Å²) in [6.07, 6.45) is 0.916. The maximum atomic E-state index is 11.7. The molecule has 0 N–H and O–H groups in total. The number of amides is 1. The Morgan fingerprint density at radius 2 is 2.15 bits per heavy atom. The molecule has 0 spiro atoms. The quantitative estimate of drug-likeness (QED) is 0.398.